The Labute approximate surface area is 214 Å². The Hall–Kier alpha value is -2.37. The molecule has 1 unspecified atom stereocenters. The van der Waals surface area contributed by atoms with Gasteiger partial charge < -0.3 is 15.1 Å². The number of rotatable bonds is 7. The number of likely N-dealkylation sites (tertiary alicyclic amines) is 1. The standard InChI is InChI=1S/C29H35N3O2.ClH/c33-27(24-17-21-6-8-28(34)32-16-12-22(18-24)29(21)32)7-5-20-9-13-31(14-10-20)15-11-23-19-30-26-4-2-1-3-25(23)26;/h1-4,17-18,20,23,30H,5-16,19H2;1H. The summed E-state index contributed by atoms with van der Waals surface area (Å²) in [4.78, 5) is 29.7. The van der Waals surface area contributed by atoms with E-state index >= 15 is 0 Å². The van der Waals surface area contributed by atoms with Crippen LogP contribution in [0.25, 0.3) is 0 Å². The Morgan fingerprint density at radius 1 is 0.971 bits per heavy atom. The second kappa shape index (κ2) is 10.3. The molecule has 0 saturated carbocycles. The summed E-state index contributed by atoms with van der Waals surface area (Å²) in [5.74, 6) is 1.81. The minimum atomic E-state index is 0. The summed E-state index contributed by atoms with van der Waals surface area (Å²) in [5.41, 5.74) is 7.17. The van der Waals surface area contributed by atoms with E-state index in [1.807, 2.05) is 4.90 Å². The number of anilines is 2. The van der Waals surface area contributed by atoms with Crippen molar-refractivity contribution in [2.45, 2.75) is 57.3 Å². The molecule has 5 nitrogen and oxygen atoms in total. The predicted octanol–water partition coefficient (Wildman–Crippen LogP) is 5.22. The zero-order chi connectivity index (χ0) is 23.1. The number of carbonyl (C=O) groups excluding carboxylic acids is 2. The Bertz CT molecular complexity index is 1110. The van der Waals surface area contributed by atoms with E-state index in [2.05, 4.69) is 46.6 Å². The predicted molar refractivity (Wildman–Crippen MR) is 143 cm³/mol. The van der Waals surface area contributed by atoms with Gasteiger partial charge in [-0.15, -0.1) is 12.4 Å². The van der Waals surface area contributed by atoms with Crippen LogP contribution >= 0.6 is 12.4 Å². The number of Topliss-reactive ketones (excluding diaryl/α,β-unsaturated/α-hetero) is 1. The van der Waals surface area contributed by atoms with Gasteiger partial charge in [-0.3, -0.25) is 9.59 Å². The molecule has 4 aliphatic rings. The SMILES string of the molecule is Cl.O=C(CCC1CCN(CCC2CNc3ccccc32)CC1)c1cc2c3c(c1)CCN3C(=O)CC2. The monoisotopic (exact) mass is 493 g/mol. The molecule has 1 atom stereocenters. The van der Waals surface area contributed by atoms with Gasteiger partial charge in [0.05, 0.1) is 5.69 Å². The number of para-hydroxylation sites is 1. The lowest BCUT2D eigenvalue weighted by atomic mass is 9.88. The first-order valence-corrected chi connectivity index (χ1v) is 13.2. The number of benzene rings is 2. The number of nitrogens with zero attached hydrogens (tertiary/aromatic N) is 2. The fraction of sp³-hybridized carbons (Fsp3) is 0.517. The summed E-state index contributed by atoms with van der Waals surface area (Å²) >= 11 is 0. The Kier molecular flexibility index (Phi) is 7.17. The van der Waals surface area contributed by atoms with E-state index in [0.29, 0.717) is 24.7 Å². The van der Waals surface area contributed by atoms with Gasteiger partial charge in [0.2, 0.25) is 5.91 Å². The molecule has 35 heavy (non-hydrogen) atoms. The number of ketones is 1. The maximum atomic E-state index is 13.0. The van der Waals surface area contributed by atoms with Crippen LogP contribution in [-0.2, 0) is 17.6 Å². The van der Waals surface area contributed by atoms with Gasteiger partial charge in [0.15, 0.2) is 5.78 Å². The highest BCUT2D eigenvalue weighted by Crippen LogP contribution is 2.38. The molecule has 0 radical (unpaired) electrons. The number of piperidine rings is 1. The lowest BCUT2D eigenvalue weighted by molar-refractivity contribution is -0.118. The van der Waals surface area contributed by atoms with E-state index < -0.39 is 0 Å². The minimum absolute atomic E-state index is 0. The number of hydrogen-bond acceptors (Lipinski definition) is 4. The molecule has 0 bridgehead atoms. The summed E-state index contributed by atoms with van der Waals surface area (Å²) in [6, 6.07) is 12.9. The number of halogens is 1. The number of amides is 1. The molecule has 0 aliphatic carbocycles. The van der Waals surface area contributed by atoms with Gasteiger partial charge >= 0.3 is 0 Å². The first-order chi connectivity index (χ1) is 16.7. The van der Waals surface area contributed by atoms with Crippen molar-refractivity contribution in [1.29, 1.82) is 0 Å². The Balaban J connectivity index is 0.00000253. The second-order valence-electron chi connectivity index (χ2n) is 10.6. The molecule has 1 N–H and O–H groups in total. The molecule has 2 aromatic carbocycles. The van der Waals surface area contributed by atoms with Crippen molar-refractivity contribution in [3.63, 3.8) is 0 Å². The van der Waals surface area contributed by atoms with E-state index in [0.717, 1.165) is 56.7 Å². The highest BCUT2D eigenvalue weighted by atomic mass is 35.5. The van der Waals surface area contributed by atoms with Gasteiger partial charge in [-0.1, -0.05) is 18.2 Å². The quantitative estimate of drug-likeness (QED) is 0.537. The molecule has 186 valence electrons. The number of fused-ring (bicyclic) bond motifs is 1. The van der Waals surface area contributed by atoms with Crippen molar-refractivity contribution in [3.8, 4) is 0 Å². The van der Waals surface area contributed by atoms with Crippen LogP contribution in [0.15, 0.2) is 36.4 Å². The van der Waals surface area contributed by atoms with Crippen LogP contribution < -0.4 is 10.2 Å². The molecular weight excluding hydrogens is 458 g/mol. The van der Waals surface area contributed by atoms with Crippen molar-refractivity contribution in [3.05, 3.63) is 58.7 Å². The maximum absolute atomic E-state index is 13.0. The largest absolute Gasteiger partial charge is 0.384 e. The molecule has 1 amide bonds. The van der Waals surface area contributed by atoms with E-state index in [9.17, 15) is 9.59 Å². The van der Waals surface area contributed by atoms with Crippen LogP contribution in [0.1, 0.15) is 71.5 Å². The fourth-order valence-corrected chi connectivity index (χ4v) is 6.55. The summed E-state index contributed by atoms with van der Waals surface area (Å²) in [7, 11) is 0. The molecule has 4 aliphatic heterocycles. The molecule has 1 saturated heterocycles. The van der Waals surface area contributed by atoms with Crippen LogP contribution in [0.4, 0.5) is 11.4 Å². The van der Waals surface area contributed by atoms with Crippen molar-refractivity contribution >= 4 is 35.5 Å². The zero-order valence-electron chi connectivity index (χ0n) is 20.4. The molecule has 6 heteroatoms. The smallest absolute Gasteiger partial charge is 0.227 e. The lowest BCUT2D eigenvalue weighted by Crippen LogP contribution is -2.35. The maximum Gasteiger partial charge on any atom is 0.227 e. The second-order valence-corrected chi connectivity index (χ2v) is 10.6. The first kappa shape index (κ1) is 24.3. The fourth-order valence-electron chi connectivity index (χ4n) is 6.55. The van der Waals surface area contributed by atoms with E-state index in [1.54, 1.807) is 0 Å². The third kappa shape index (κ3) is 4.85. The highest BCUT2D eigenvalue weighted by Gasteiger charge is 2.32. The van der Waals surface area contributed by atoms with Crippen molar-refractivity contribution in [2.75, 3.05) is 42.9 Å². The van der Waals surface area contributed by atoms with Crippen LogP contribution in [0.3, 0.4) is 0 Å². The summed E-state index contributed by atoms with van der Waals surface area (Å²) in [5, 5.41) is 3.55. The minimum Gasteiger partial charge on any atom is -0.384 e. The zero-order valence-corrected chi connectivity index (χ0v) is 21.2. The van der Waals surface area contributed by atoms with Gasteiger partial charge in [0, 0.05) is 43.1 Å². The number of aryl methyl sites for hydroxylation is 1. The molecule has 6 rings (SSSR count). The molecule has 1 fully saturated rings. The van der Waals surface area contributed by atoms with Gasteiger partial charge in [-0.2, -0.15) is 0 Å². The van der Waals surface area contributed by atoms with Gasteiger partial charge in [0.1, 0.15) is 0 Å². The van der Waals surface area contributed by atoms with Crippen molar-refractivity contribution in [1.82, 2.24) is 4.90 Å². The van der Waals surface area contributed by atoms with E-state index in [-0.39, 0.29) is 24.1 Å². The molecule has 0 aromatic heterocycles. The van der Waals surface area contributed by atoms with Gasteiger partial charge in [-0.25, -0.2) is 0 Å². The highest BCUT2D eigenvalue weighted by molar-refractivity contribution is 6.02. The van der Waals surface area contributed by atoms with Crippen LogP contribution in [-0.4, -0.2) is 49.3 Å². The summed E-state index contributed by atoms with van der Waals surface area (Å²) < 4.78 is 0. The first-order valence-electron chi connectivity index (χ1n) is 13.2. The van der Waals surface area contributed by atoms with Crippen LogP contribution in [0, 0.1) is 5.92 Å². The summed E-state index contributed by atoms with van der Waals surface area (Å²) in [6.45, 7) is 5.34. The average Bonchev–Trinajstić information content (AvgIpc) is 3.49. The number of carbonyl (C=O) groups is 2. The van der Waals surface area contributed by atoms with E-state index in [4.69, 9.17) is 0 Å². The normalized spacial score (nSPS) is 21.3. The molecule has 2 aromatic rings. The van der Waals surface area contributed by atoms with Gasteiger partial charge in [-0.05, 0) is 99.0 Å². The topological polar surface area (TPSA) is 52.7 Å². The molecule has 0 spiro atoms. The summed E-state index contributed by atoms with van der Waals surface area (Å²) in [6.07, 6.45) is 7.53. The average molecular weight is 494 g/mol. The Morgan fingerprint density at radius 2 is 1.74 bits per heavy atom. The third-order valence-electron chi connectivity index (χ3n) is 8.59. The van der Waals surface area contributed by atoms with Gasteiger partial charge in [0.25, 0.3) is 0 Å². The number of nitrogens with one attached hydrogen (secondary N) is 1. The Morgan fingerprint density at radius 3 is 2.57 bits per heavy atom. The van der Waals surface area contributed by atoms with Crippen molar-refractivity contribution < 1.29 is 9.59 Å². The van der Waals surface area contributed by atoms with Crippen LogP contribution in [0.5, 0.6) is 0 Å². The van der Waals surface area contributed by atoms with Crippen molar-refractivity contribution in [2.24, 2.45) is 5.92 Å². The number of hydrogen-bond donors (Lipinski definition) is 1. The van der Waals surface area contributed by atoms with E-state index in [1.165, 1.54) is 48.2 Å². The molecule has 4 heterocycles. The van der Waals surface area contributed by atoms with Crippen LogP contribution in [0.2, 0.25) is 0 Å². The third-order valence-corrected chi connectivity index (χ3v) is 8.59. The molecular formula is C29H36ClN3O2. The lowest BCUT2D eigenvalue weighted by Gasteiger charge is -2.32.